The molecule has 0 unspecified atom stereocenters. The SMILES string of the molecule is CSc1cc(C)ccc1CN=C(NCC(=O)N(C)C)NC1CCCCC1.I. The van der Waals surface area contributed by atoms with Crippen LogP contribution in [-0.4, -0.2) is 49.7 Å². The van der Waals surface area contributed by atoms with Crippen molar-refractivity contribution in [1.82, 2.24) is 15.5 Å². The summed E-state index contributed by atoms with van der Waals surface area (Å²) < 4.78 is 0. The molecule has 0 saturated heterocycles. The summed E-state index contributed by atoms with van der Waals surface area (Å²) in [5, 5.41) is 6.74. The zero-order chi connectivity index (χ0) is 18.9. The smallest absolute Gasteiger partial charge is 0.241 e. The maximum atomic E-state index is 11.9. The Hall–Kier alpha value is -0.960. The van der Waals surface area contributed by atoms with Crippen LogP contribution in [-0.2, 0) is 11.3 Å². The van der Waals surface area contributed by atoms with Gasteiger partial charge in [-0.3, -0.25) is 4.79 Å². The number of carbonyl (C=O) groups is 1. The van der Waals surface area contributed by atoms with Crippen LogP contribution in [0.5, 0.6) is 0 Å². The highest BCUT2D eigenvalue weighted by Gasteiger charge is 2.15. The minimum absolute atomic E-state index is 0. The Bertz CT molecular complexity index is 630. The van der Waals surface area contributed by atoms with Crippen LogP contribution in [0, 0.1) is 6.92 Å². The zero-order valence-electron chi connectivity index (χ0n) is 16.9. The molecule has 0 radical (unpaired) electrons. The molecule has 1 fully saturated rings. The van der Waals surface area contributed by atoms with Crippen molar-refractivity contribution in [3.8, 4) is 0 Å². The predicted octanol–water partition coefficient (Wildman–Crippen LogP) is 3.79. The molecule has 152 valence electrons. The number of likely N-dealkylation sites (N-methyl/N-ethyl adjacent to an activating group) is 1. The lowest BCUT2D eigenvalue weighted by Crippen LogP contribution is -2.47. The highest BCUT2D eigenvalue weighted by atomic mass is 127. The third-order valence-electron chi connectivity index (χ3n) is 4.70. The number of nitrogens with zero attached hydrogens (tertiary/aromatic N) is 2. The summed E-state index contributed by atoms with van der Waals surface area (Å²) in [5.41, 5.74) is 2.48. The van der Waals surface area contributed by atoms with Gasteiger partial charge >= 0.3 is 0 Å². The summed E-state index contributed by atoms with van der Waals surface area (Å²) in [6.07, 6.45) is 8.27. The van der Waals surface area contributed by atoms with E-state index in [1.165, 1.54) is 48.1 Å². The van der Waals surface area contributed by atoms with Gasteiger partial charge in [0.1, 0.15) is 0 Å². The first-order valence-electron chi connectivity index (χ1n) is 9.38. The third kappa shape index (κ3) is 8.29. The van der Waals surface area contributed by atoms with Crippen molar-refractivity contribution in [1.29, 1.82) is 0 Å². The van der Waals surface area contributed by atoms with Crippen molar-refractivity contribution in [2.45, 2.75) is 56.5 Å². The molecular formula is C20H33IN4OS. The van der Waals surface area contributed by atoms with Crippen LogP contribution in [0.2, 0.25) is 0 Å². The van der Waals surface area contributed by atoms with Gasteiger partial charge in [0.15, 0.2) is 5.96 Å². The van der Waals surface area contributed by atoms with Crippen LogP contribution in [0.15, 0.2) is 28.1 Å². The number of nitrogens with one attached hydrogen (secondary N) is 2. The normalized spacial score (nSPS) is 15.0. The molecule has 27 heavy (non-hydrogen) atoms. The van der Waals surface area contributed by atoms with Crippen molar-refractivity contribution < 1.29 is 4.79 Å². The van der Waals surface area contributed by atoms with Gasteiger partial charge in [-0.2, -0.15) is 0 Å². The number of carbonyl (C=O) groups excluding carboxylic acids is 1. The Kier molecular flexibility index (Phi) is 11.1. The number of halogens is 1. The van der Waals surface area contributed by atoms with Gasteiger partial charge in [-0.05, 0) is 43.2 Å². The maximum absolute atomic E-state index is 11.9. The highest BCUT2D eigenvalue weighted by molar-refractivity contribution is 14.0. The first-order chi connectivity index (χ1) is 12.5. The summed E-state index contributed by atoms with van der Waals surface area (Å²) in [6, 6.07) is 6.92. The molecule has 0 heterocycles. The Morgan fingerprint density at radius 1 is 1.26 bits per heavy atom. The number of aliphatic imine (C=N–C) groups is 1. The van der Waals surface area contributed by atoms with Crippen molar-refractivity contribution in [2.24, 2.45) is 4.99 Å². The molecule has 1 aliphatic carbocycles. The molecule has 0 spiro atoms. The van der Waals surface area contributed by atoms with Crippen LogP contribution in [0.1, 0.15) is 43.2 Å². The number of aryl methyl sites for hydroxylation is 1. The van der Waals surface area contributed by atoms with Gasteiger partial charge < -0.3 is 15.5 Å². The van der Waals surface area contributed by atoms with Crippen LogP contribution in [0.25, 0.3) is 0 Å². The van der Waals surface area contributed by atoms with Crippen LogP contribution >= 0.6 is 35.7 Å². The summed E-state index contributed by atoms with van der Waals surface area (Å²) in [7, 11) is 3.54. The van der Waals surface area contributed by atoms with E-state index < -0.39 is 0 Å². The lowest BCUT2D eigenvalue weighted by atomic mass is 9.96. The summed E-state index contributed by atoms with van der Waals surface area (Å²) >= 11 is 1.75. The van der Waals surface area contributed by atoms with E-state index in [-0.39, 0.29) is 36.4 Å². The molecule has 0 aliphatic heterocycles. The molecular weight excluding hydrogens is 471 g/mol. The molecule has 7 heteroatoms. The number of benzene rings is 1. The fraction of sp³-hybridized carbons (Fsp3) is 0.600. The second-order valence-corrected chi connectivity index (χ2v) is 7.95. The topological polar surface area (TPSA) is 56.7 Å². The van der Waals surface area contributed by atoms with Crippen LogP contribution < -0.4 is 10.6 Å². The Balaban J connectivity index is 0.00000364. The second-order valence-electron chi connectivity index (χ2n) is 7.10. The molecule has 2 N–H and O–H groups in total. The fourth-order valence-electron chi connectivity index (χ4n) is 3.06. The summed E-state index contributed by atoms with van der Waals surface area (Å²) in [6.45, 7) is 2.97. The molecule has 0 bridgehead atoms. The molecule has 1 aromatic carbocycles. The van der Waals surface area contributed by atoms with E-state index in [9.17, 15) is 4.79 Å². The molecule has 2 rings (SSSR count). The number of rotatable bonds is 6. The van der Waals surface area contributed by atoms with Crippen molar-refractivity contribution in [3.63, 3.8) is 0 Å². The number of guanidine groups is 1. The number of hydrogen-bond donors (Lipinski definition) is 2. The van der Waals surface area contributed by atoms with Crippen molar-refractivity contribution in [2.75, 3.05) is 26.9 Å². The first-order valence-corrected chi connectivity index (χ1v) is 10.6. The van der Waals surface area contributed by atoms with Crippen molar-refractivity contribution >= 4 is 47.6 Å². The van der Waals surface area contributed by atoms with Gasteiger partial charge in [-0.25, -0.2) is 4.99 Å². The molecule has 0 aromatic heterocycles. The van der Waals surface area contributed by atoms with E-state index in [2.05, 4.69) is 42.0 Å². The largest absolute Gasteiger partial charge is 0.354 e. The van der Waals surface area contributed by atoms with E-state index >= 15 is 0 Å². The van der Waals surface area contributed by atoms with Gasteiger partial charge in [0.25, 0.3) is 0 Å². The lowest BCUT2D eigenvalue weighted by molar-refractivity contribution is -0.127. The zero-order valence-corrected chi connectivity index (χ0v) is 20.0. The monoisotopic (exact) mass is 504 g/mol. The van der Waals surface area contributed by atoms with E-state index in [4.69, 9.17) is 4.99 Å². The minimum atomic E-state index is 0. The van der Waals surface area contributed by atoms with E-state index in [1.807, 2.05) is 0 Å². The Labute approximate surface area is 185 Å². The number of amides is 1. The summed E-state index contributed by atoms with van der Waals surface area (Å²) in [5.74, 6) is 0.781. The standard InChI is InChI=1S/C20H32N4OS.HI/c1-15-10-11-16(18(12-15)26-4)13-21-20(22-14-19(25)24(2)3)23-17-8-6-5-7-9-17;/h10-12,17H,5-9,13-14H2,1-4H3,(H2,21,22,23);1H. The lowest BCUT2D eigenvalue weighted by Gasteiger charge is -2.25. The van der Waals surface area contributed by atoms with E-state index in [0.717, 1.165) is 5.96 Å². The molecule has 1 aliphatic rings. The average molecular weight is 504 g/mol. The Morgan fingerprint density at radius 2 is 1.96 bits per heavy atom. The maximum Gasteiger partial charge on any atom is 0.241 e. The second kappa shape index (κ2) is 12.5. The molecule has 1 saturated carbocycles. The van der Waals surface area contributed by atoms with Crippen LogP contribution in [0.4, 0.5) is 0 Å². The van der Waals surface area contributed by atoms with Crippen LogP contribution in [0.3, 0.4) is 0 Å². The van der Waals surface area contributed by atoms with Crippen molar-refractivity contribution in [3.05, 3.63) is 29.3 Å². The highest BCUT2D eigenvalue weighted by Crippen LogP contribution is 2.22. The van der Waals surface area contributed by atoms with Gasteiger partial charge in [0.2, 0.25) is 5.91 Å². The molecule has 1 aromatic rings. The fourth-order valence-corrected chi connectivity index (χ4v) is 3.76. The average Bonchev–Trinajstić information content (AvgIpc) is 2.64. The van der Waals surface area contributed by atoms with Gasteiger partial charge in [-0.15, -0.1) is 35.7 Å². The molecule has 5 nitrogen and oxygen atoms in total. The Morgan fingerprint density at radius 3 is 2.59 bits per heavy atom. The number of hydrogen-bond acceptors (Lipinski definition) is 3. The number of thioether (sulfide) groups is 1. The van der Waals surface area contributed by atoms with E-state index in [0.29, 0.717) is 12.6 Å². The first kappa shape index (κ1) is 24.1. The summed E-state index contributed by atoms with van der Waals surface area (Å²) in [4.78, 5) is 19.6. The molecule has 1 amide bonds. The third-order valence-corrected chi connectivity index (χ3v) is 5.52. The quantitative estimate of drug-likeness (QED) is 0.268. The van der Waals surface area contributed by atoms with Gasteiger partial charge in [0, 0.05) is 25.0 Å². The minimum Gasteiger partial charge on any atom is -0.354 e. The van der Waals surface area contributed by atoms with E-state index in [1.54, 1.807) is 30.8 Å². The molecule has 0 atom stereocenters. The predicted molar refractivity (Wildman–Crippen MR) is 126 cm³/mol. The van der Waals surface area contributed by atoms with Gasteiger partial charge in [0.05, 0.1) is 13.1 Å². The van der Waals surface area contributed by atoms with Gasteiger partial charge in [-0.1, -0.05) is 31.4 Å².